The molecule has 25 heavy (non-hydrogen) atoms. The minimum absolute atomic E-state index is 0.0477. The third kappa shape index (κ3) is 5.17. The summed E-state index contributed by atoms with van der Waals surface area (Å²) in [6.07, 6.45) is 0. The molecule has 6 heteroatoms. The van der Waals surface area contributed by atoms with Gasteiger partial charge in [-0.2, -0.15) is 8.78 Å². The Morgan fingerprint density at radius 2 is 1.84 bits per heavy atom. The Balaban J connectivity index is 2.08. The first-order valence-corrected chi connectivity index (χ1v) is 8.13. The van der Waals surface area contributed by atoms with E-state index in [0.717, 1.165) is 12.2 Å². The van der Waals surface area contributed by atoms with Crippen LogP contribution in [0.25, 0.3) is 0 Å². The molecule has 0 saturated heterocycles. The summed E-state index contributed by atoms with van der Waals surface area (Å²) in [7, 11) is 0. The fraction of sp³-hybridized carbons (Fsp3) is 0.316. The second kappa shape index (κ2) is 8.46. The first-order chi connectivity index (χ1) is 11.9. The monoisotopic (exact) mass is 348 g/mol. The van der Waals surface area contributed by atoms with Crippen molar-refractivity contribution in [1.29, 1.82) is 0 Å². The van der Waals surface area contributed by atoms with Gasteiger partial charge in [-0.15, -0.1) is 0 Å². The lowest BCUT2D eigenvalue weighted by atomic mass is 10.2. The second-order valence-corrected chi connectivity index (χ2v) is 5.79. The Bertz CT molecular complexity index is 703. The van der Waals surface area contributed by atoms with Gasteiger partial charge in [0.05, 0.1) is 0 Å². The molecule has 0 radical (unpaired) electrons. The number of nitrogens with zero attached hydrogens (tertiary/aromatic N) is 1. The van der Waals surface area contributed by atoms with Crippen LogP contribution in [-0.2, 0) is 0 Å². The van der Waals surface area contributed by atoms with Crippen LogP contribution < -0.4 is 15.0 Å². The van der Waals surface area contributed by atoms with E-state index in [9.17, 15) is 13.6 Å². The predicted octanol–water partition coefficient (Wildman–Crippen LogP) is 4.78. The summed E-state index contributed by atoms with van der Waals surface area (Å²) in [5.74, 6) is -0.433. The molecule has 2 aromatic carbocycles. The smallest absolute Gasteiger partial charge is 0.387 e. The van der Waals surface area contributed by atoms with E-state index < -0.39 is 6.61 Å². The average molecular weight is 348 g/mol. The summed E-state index contributed by atoms with van der Waals surface area (Å²) < 4.78 is 28.8. The Morgan fingerprint density at radius 1 is 1.16 bits per heavy atom. The Morgan fingerprint density at radius 3 is 2.40 bits per heavy atom. The maximum Gasteiger partial charge on any atom is 0.387 e. The van der Waals surface area contributed by atoms with Gasteiger partial charge in [0, 0.05) is 29.5 Å². The number of hydrogen-bond acceptors (Lipinski definition) is 3. The highest BCUT2D eigenvalue weighted by Crippen LogP contribution is 2.21. The maximum absolute atomic E-state index is 12.3. The zero-order valence-electron chi connectivity index (χ0n) is 14.5. The van der Waals surface area contributed by atoms with Crippen LogP contribution in [0.2, 0.25) is 0 Å². The van der Waals surface area contributed by atoms with E-state index in [0.29, 0.717) is 11.7 Å². The van der Waals surface area contributed by atoms with Gasteiger partial charge >= 0.3 is 6.61 Å². The van der Waals surface area contributed by atoms with Crippen LogP contribution in [0.5, 0.6) is 5.75 Å². The molecule has 1 amide bonds. The number of amides is 1. The number of anilines is 2. The molecule has 134 valence electrons. The van der Waals surface area contributed by atoms with Gasteiger partial charge in [0.25, 0.3) is 5.91 Å². The molecule has 0 aliphatic rings. The third-order valence-electron chi connectivity index (χ3n) is 3.74. The molecule has 1 N–H and O–H groups in total. The molecule has 0 unspecified atom stereocenters. The van der Waals surface area contributed by atoms with Crippen LogP contribution in [0.1, 0.15) is 31.1 Å². The number of benzene rings is 2. The Hall–Kier alpha value is -2.63. The zero-order valence-corrected chi connectivity index (χ0v) is 14.5. The van der Waals surface area contributed by atoms with Crippen molar-refractivity contribution in [1.82, 2.24) is 0 Å². The molecular weight excluding hydrogens is 326 g/mol. The van der Waals surface area contributed by atoms with Crippen molar-refractivity contribution in [3.8, 4) is 5.75 Å². The molecule has 2 aromatic rings. The summed E-state index contributed by atoms with van der Waals surface area (Å²) >= 11 is 0. The van der Waals surface area contributed by atoms with E-state index >= 15 is 0 Å². The van der Waals surface area contributed by atoms with Gasteiger partial charge in [-0.05, 0) is 63.2 Å². The zero-order chi connectivity index (χ0) is 18.4. The summed E-state index contributed by atoms with van der Waals surface area (Å²) in [5.41, 5.74) is 1.95. The molecule has 0 heterocycles. The van der Waals surface area contributed by atoms with Crippen molar-refractivity contribution < 1.29 is 18.3 Å². The summed E-state index contributed by atoms with van der Waals surface area (Å²) in [6, 6.07) is 13.6. The summed E-state index contributed by atoms with van der Waals surface area (Å²) in [4.78, 5) is 14.5. The van der Waals surface area contributed by atoms with E-state index in [1.54, 1.807) is 6.07 Å². The van der Waals surface area contributed by atoms with Crippen molar-refractivity contribution in [3.05, 3.63) is 54.1 Å². The number of alkyl halides is 2. The molecule has 0 aliphatic heterocycles. The van der Waals surface area contributed by atoms with E-state index in [-0.39, 0.29) is 17.2 Å². The van der Waals surface area contributed by atoms with Crippen molar-refractivity contribution in [2.75, 3.05) is 16.8 Å². The number of nitrogens with one attached hydrogen (secondary N) is 1. The molecule has 0 spiro atoms. The lowest BCUT2D eigenvalue weighted by molar-refractivity contribution is -0.0498. The molecule has 2 rings (SSSR count). The van der Waals surface area contributed by atoms with Crippen molar-refractivity contribution in [2.45, 2.75) is 33.4 Å². The number of rotatable bonds is 7. The van der Waals surface area contributed by atoms with Crippen molar-refractivity contribution in [3.63, 3.8) is 0 Å². The predicted molar refractivity (Wildman–Crippen MR) is 95.6 cm³/mol. The van der Waals surface area contributed by atoms with E-state index in [1.165, 1.54) is 18.2 Å². The SMILES string of the molecule is CCN(c1ccc(NC(=O)c2cccc(OC(F)F)c2)cc1)C(C)C. The summed E-state index contributed by atoms with van der Waals surface area (Å²) in [5, 5.41) is 2.75. The minimum Gasteiger partial charge on any atom is -0.435 e. The maximum atomic E-state index is 12.3. The van der Waals surface area contributed by atoms with Crippen LogP contribution in [-0.4, -0.2) is 25.1 Å². The average Bonchev–Trinajstić information content (AvgIpc) is 2.56. The molecule has 0 bridgehead atoms. The highest BCUT2D eigenvalue weighted by atomic mass is 19.3. The minimum atomic E-state index is -2.92. The van der Waals surface area contributed by atoms with Gasteiger partial charge in [0.15, 0.2) is 0 Å². The second-order valence-electron chi connectivity index (χ2n) is 5.79. The number of carbonyl (C=O) groups is 1. The highest BCUT2D eigenvalue weighted by Gasteiger charge is 2.11. The lowest BCUT2D eigenvalue weighted by Gasteiger charge is -2.27. The molecule has 0 fully saturated rings. The highest BCUT2D eigenvalue weighted by molar-refractivity contribution is 6.04. The van der Waals surface area contributed by atoms with E-state index in [4.69, 9.17) is 0 Å². The molecule has 0 saturated carbocycles. The van der Waals surface area contributed by atoms with Crippen LogP contribution in [0.4, 0.5) is 20.2 Å². The topological polar surface area (TPSA) is 41.6 Å². The molecule has 0 aromatic heterocycles. The van der Waals surface area contributed by atoms with Crippen LogP contribution in [0.15, 0.2) is 48.5 Å². The molecule has 0 atom stereocenters. The van der Waals surface area contributed by atoms with Gasteiger partial charge < -0.3 is 15.0 Å². The Labute approximate surface area is 146 Å². The number of ether oxygens (including phenoxy) is 1. The van der Waals surface area contributed by atoms with Gasteiger partial charge in [-0.25, -0.2) is 0 Å². The first kappa shape index (κ1) is 18.7. The van der Waals surface area contributed by atoms with Gasteiger partial charge in [-0.3, -0.25) is 4.79 Å². The normalized spacial score (nSPS) is 10.8. The quantitative estimate of drug-likeness (QED) is 0.783. The third-order valence-corrected chi connectivity index (χ3v) is 3.74. The van der Waals surface area contributed by atoms with Gasteiger partial charge in [0.1, 0.15) is 5.75 Å². The van der Waals surface area contributed by atoms with Gasteiger partial charge in [-0.1, -0.05) is 6.07 Å². The lowest BCUT2D eigenvalue weighted by Crippen LogP contribution is -2.30. The van der Waals surface area contributed by atoms with E-state index in [1.807, 2.05) is 24.3 Å². The standard InChI is InChI=1S/C19H22F2N2O2/c1-4-23(13(2)3)16-10-8-15(9-11-16)22-18(24)14-6-5-7-17(12-14)25-19(20)21/h5-13,19H,4H2,1-3H3,(H,22,24). The van der Waals surface area contributed by atoms with Crippen molar-refractivity contribution in [2.24, 2.45) is 0 Å². The number of hydrogen-bond donors (Lipinski definition) is 1. The first-order valence-electron chi connectivity index (χ1n) is 8.13. The molecule has 0 aliphatic carbocycles. The van der Waals surface area contributed by atoms with Gasteiger partial charge in [0.2, 0.25) is 0 Å². The fourth-order valence-corrected chi connectivity index (χ4v) is 2.60. The fourth-order valence-electron chi connectivity index (χ4n) is 2.60. The molecule has 4 nitrogen and oxygen atoms in total. The van der Waals surface area contributed by atoms with E-state index in [2.05, 4.69) is 35.7 Å². The summed E-state index contributed by atoms with van der Waals surface area (Å²) in [6.45, 7) is 4.29. The van der Waals surface area contributed by atoms with Crippen LogP contribution in [0, 0.1) is 0 Å². The Kier molecular flexibility index (Phi) is 6.33. The number of halogens is 2. The largest absolute Gasteiger partial charge is 0.435 e. The van der Waals surface area contributed by atoms with Crippen LogP contribution in [0.3, 0.4) is 0 Å². The number of carbonyl (C=O) groups excluding carboxylic acids is 1. The van der Waals surface area contributed by atoms with Crippen LogP contribution >= 0.6 is 0 Å². The molecular formula is C19H22F2N2O2. The van der Waals surface area contributed by atoms with Crippen molar-refractivity contribution >= 4 is 17.3 Å².